The number of benzene rings is 1. The molecule has 0 aromatic heterocycles. The SMILES string of the molecule is CCCCCNc1ccccc1O. The molecule has 0 heterocycles. The second kappa shape index (κ2) is 5.46. The summed E-state index contributed by atoms with van der Waals surface area (Å²) in [5.41, 5.74) is 0.832. The van der Waals surface area contributed by atoms with Gasteiger partial charge in [-0.15, -0.1) is 0 Å². The van der Waals surface area contributed by atoms with Gasteiger partial charge >= 0.3 is 0 Å². The van der Waals surface area contributed by atoms with Gasteiger partial charge in [0.25, 0.3) is 0 Å². The van der Waals surface area contributed by atoms with Crippen LogP contribution in [0.3, 0.4) is 0 Å². The van der Waals surface area contributed by atoms with Crippen molar-refractivity contribution in [1.29, 1.82) is 0 Å². The Morgan fingerprint density at radius 3 is 2.69 bits per heavy atom. The molecule has 0 saturated carbocycles. The van der Waals surface area contributed by atoms with Crippen molar-refractivity contribution in [2.75, 3.05) is 11.9 Å². The molecular formula is C11H17NO. The molecule has 0 aliphatic heterocycles. The Kier molecular flexibility index (Phi) is 4.16. The highest BCUT2D eigenvalue weighted by molar-refractivity contribution is 5.54. The lowest BCUT2D eigenvalue weighted by molar-refractivity contribution is 0.477. The van der Waals surface area contributed by atoms with E-state index in [1.165, 1.54) is 12.8 Å². The monoisotopic (exact) mass is 179 g/mol. The molecule has 2 nitrogen and oxygen atoms in total. The van der Waals surface area contributed by atoms with Crippen LogP contribution in [0.2, 0.25) is 0 Å². The third-order valence-corrected chi connectivity index (χ3v) is 2.00. The molecule has 0 aliphatic rings. The van der Waals surface area contributed by atoms with Gasteiger partial charge in [-0.25, -0.2) is 0 Å². The number of hydrogen-bond donors (Lipinski definition) is 2. The molecule has 72 valence electrons. The molecule has 13 heavy (non-hydrogen) atoms. The minimum Gasteiger partial charge on any atom is -0.506 e. The molecule has 1 aromatic carbocycles. The molecule has 0 amide bonds. The number of rotatable bonds is 5. The average molecular weight is 179 g/mol. The molecule has 0 saturated heterocycles. The third kappa shape index (κ3) is 3.36. The Bertz CT molecular complexity index is 248. The zero-order valence-corrected chi connectivity index (χ0v) is 8.09. The maximum atomic E-state index is 9.40. The molecule has 0 radical (unpaired) electrons. The number of phenolic OH excluding ortho intramolecular Hbond substituents is 1. The molecule has 0 atom stereocenters. The number of anilines is 1. The molecule has 2 N–H and O–H groups in total. The first-order valence-corrected chi connectivity index (χ1v) is 4.86. The summed E-state index contributed by atoms with van der Waals surface area (Å²) in [6, 6.07) is 7.33. The van der Waals surface area contributed by atoms with Gasteiger partial charge in [0.1, 0.15) is 5.75 Å². The van der Waals surface area contributed by atoms with Crippen LogP contribution in [-0.2, 0) is 0 Å². The minimum atomic E-state index is 0.332. The fraction of sp³-hybridized carbons (Fsp3) is 0.455. The second-order valence-corrected chi connectivity index (χ2v) is 3.15. The summed E-state index contributed by atoms with van der Waals surface area (Å²) in [5.74, 6) is 0.332. The predicted molar refractivity (Wildman–Crippen MR) is 56.1 cm³/mol. The largest absolute Gasteiger partial charge is 0.506 e. The maximum absolute atomic E-state index is 9.40. The maximum Gasteiger partial charge on any atom is 0.138 e. The van der Waals surface area contributed by atoms with Crippen LogP contribution < -0.4 is 5.32 Å². The Balaban J connectivity index is 2.32. The lowest BCUT2D eigenvalue weighted by Gasteiger charge is -2.06. The highest BCUT2D eigenvalue weighted by Crippen LogP contribution is 2.21. The lowest BCUT2D eigenvalue weighted by Crippen LogP contribution is -2.00. The van der Waals surface area contributed by atoms with Crippen molar-refractivity contribution in [3.05, 3.63) is 24.3 Å². The van der Waals surface area contributed by atoms with Crippen molar-refractivity contribution in [2.45, 2.75) is 26.2 Å². The van der Waals surface area contributed by atoms with Crippen LogP contribution in [0, 0.1) is 0 Å². The van der Waals surface area contributed by atoms with E-state index >= 15 is 0 Å². The first-order chi connectivity index (χ1) is 6.34. The number of para-hydroxylation sites is 2. The number of nitrogens with one attached hydrogen (secondary N) is 1. The topological polar surface area (TPSA) is 32.3 Å². The van der Waals surface area contributed by atoms with Crippen LogP contribution in [0.5, 0.6) is 5.75 Å². The zero-order chi connectivity index (χ0) is 9.52. The van der Waals surface area contributed by atoms with E-state index in [0.717, 1.165) is 18.7 Å². The highest BCUT2D eigenvalue weighted by atomic mass is 16.3. The van der Waals surface area contributed by atoms with Crippen molar-refractivity contribution in [3.63, 3.8) is 0 Å². The van der Waals surface area contributed by atoms with Crippen LogP contribution in [0.25, 0.3) is 0 Å². The summed E-state index contributed by atoms with van der Waals surface area (Å²) in [4.78, 5) is 0. The molecule has 0 aliphatic carbocycles. The summed E-state index contributed by atoms with van der Waals surface area (Å²) in [6.45, 7) is 3.12. The van der Waals surface area contributed by atoms with E-state index < -0.39 is 0 Å². The van der Waals surface area contributed by atoms with Crippen molar-refractivity contribution >= 4 is 5.69 Å². The van der Waals surface area contributed by atoms with Crippen LogP contribution in [0.15, 0.2) is 24.3 Å². The first kappa shape index (κ1) is 9.90. The van der Waals surface area contributed by atoms with Gasteiger partial charge in [-0.3, -0.25) is 0 Å². The summed E-state index contributed by atoms with van der Waals surface area (Å²) in [5, 5.41) is 12.6. The lowest BCUT2D eigenvalue weighted by atomic mass is 10.2. The van der Waals surface area contributed by atoms with E-state index in [0.29, 0.717) is 5.75 Å². The summed E-state index contributed by atoms with van der Waals surface area (Å²) >= 11 is 0. The summed E-state index contributed by atoms with van der Waals surface area (Å²) in [7, 11) is 0. The van der Waals surface area contributed by atoms with Gasteiger partial charge in [0.15, 0.2) is 0 Å². The van der Waals surface area contributed by atoms with Gasteiger partial charge < -0.3 is 10.4 Å². The van der Waals surface area contributed by atoms with Gasteiger partial charge in [0.05, 0.1) is 5.69 Å². The van der Waals surface area contributed by atoms with E-state index in [4.69, 9.17) is 0 Å². The fourth-order valence-electron chi connectivity index (χ4n) is 1.22. The van der Waals surface area contributed by atoms with Crippen LogP contribution >= 0.6 is 0 Å². The number of unbranched alkanes of at least 4 members (excludes halogenated alkanes) is 2. The Labute approximate surface area is 79.6 Å². The standard InChI is InChI=1S/C11H17NO/c1-2-3-6-9-12-10-7-4-5-8-11(10)13/h4-5,7-8,12-13H,2-3,6,9H2,1H3. The van der Waals surface area contributed by atoms with Gasteiger partial charge in [-0.2, -0.15) is 0 Å². The zero-order valence-electron chi connectivity index (χ0n) is 8.09. The molecule has 0 bridgehead atoms. The number of hydrogen-bond acceptors (Lipinski definition) is 2. The highest BCUT2D eigenvalue weighted by Gasteiger charge is 1.96. The molecule has 1 aromatic rings. The van der Waals surface area contributed by atoms with E-state index in [2.05, 4.69) is 12.2 Å². The third-order valence-electron chi connectivity index (χ3n) is 2.00. The van der Waals surface area contributed by atoms with Crippen molar-refractivity contribution in [1.82, 2.24) is 0 Å². The van der Waals surface area contributed by atoms with Gasteiger partial charge in [-0.05, 0) is 18.6 Å². The summed E-state index contributed by atoms with van der Waals surface area (Å²) in [6.07, 6.45) is 3.62. The quantitative estimate of drug-likeness (QED) is 0.538. The van der Waals surface area contributed by atoms with E-state index in [1.807, 2.05) is 18.2 Å². The number of aromatic hydroxyl groups is 1. The second-order valence-electron chi connectivity index (χ2n) is 3.15. The molecular weight excluding hydrogens is 162 g/mol. The minimum absolute atomic E-state index is 0.332. The Morgan fingerprint density at radius 2 is 2.00 bits per heavy atom. The molecule has 0 spiro atoms. The van der Waals surface area contributed by atoms with E-state index in [1.54, 1.807) is 6.07 Å². The normalized spacial score (nSPS) is 9.92. The van der Waals surface area contributed by atoms with Gasteiger partial charge in [0.2, 0.25) is 0 Å². The summed E-state index contributed by atoms with van der Waals surface area (Å²) < 4.78 is 0. The molecule has 2 heteroatoms. The van der Waals surface area contributed by atoms with E-state index in [-0.39, 0.29) is 0 Å². The average Bonchev–Trinajstić information content (AvgIpc) is 2.15. The Hall–Kier alpha value is -1.18. The first-order valence-electron chi connectivity index (χ1n) is 4.86. The smallest absolute Gasteiger partial charge is 0.138 e. The van der Waals surface area contributed by atoms with Gasteiger partial charge in [0, 0.05) is 6.54 Å². The molecule has 1 rings (SSSR count). The molecule has 0 fully saturated rings. The molecule has 0 unspecified atom stereocenters. The van der Waals surface area contributed by atoms with Crippen LogP contribution in [0.4, 0.5) is 5.69 Å². The number of phenols is 1. The van der Waals surface area contributed by atoms with Gasteiger partial charge in [-0.1, -0.05) is 31.9 Å². The van der Waals surface area contributed by atoms with Crippen LogP contribution in [0.1, 0.15) is 26.2 Å². The van der Waals surface area contributed by atoms with Crippen molar-refractivity contribution in [3.8, 4) is 5.75 Å². The fourth-order valence-corrected chi connectivity index (χ4v) is 1.22. The van der Waals surface area contributed by atoms with Crippen molar-refractivity contribution in [2.24, 2.45) is 0 Å². The predicted octanol–water partition coefficient (Wildman–Crippen LogP) is 2.99. The van der Waals surface area contributed by atoms with Crippen molar-refractivity contribution < 1.29 is 5.11 Å². The van der Waals surface area contributed by atoms with Crippen LogP contribution in [-0.4, -0.2) is 11.7 Å². The van der Waals surface area contributed by atoms with E-state index in [9.17, 15) is 5.11 Å². The Morgan fingerprint density at radius 1 is 1.23 bits per heavy atom.